The van der Waals surface area contributed by atoms with Gasteiger partial charge in [-0.15, -0.1) is 0 Å². The highest BCUT2D eigenvalue weighted by Crippen LogP contribution is 2.40. The number of benzene rings is 2. The van der Waals surface area contributed by atoms with Crippen LogP contribution in [0.25, 0.3) is 10.8 Å². The lowest BCUT2D eigenvalue weighted by Gasteiger charge is -2.37. The van der Waals surface area contributed by atoms with Crippen LogP contribution in [-0.2, 0) is 11.3 Å². The maximum absolute atomic E-state index is 11.1. The molecule has 31 heavy (non-hydrogen) atoms. The number of aliphatic carboxylic acids is 1. The highest BCUT2D eigenvalue weighted by molar-refractivity contribution is 5.90. The monoisotopic (exact) mass is 423 g/mol. The Hall–Kier alpha value is -2.07. The average molecular weight is 424 g/mol. The Morgan fingerprint density at radius 2 is 1.74 bits per heavy atom. The van der Waals surface area contributed by atoms with Gasteiger partial charge in [-0.25, -0.2) is 0 Å². The van der Waals surface area contributed by atoms with Gasteiger partial charge in [0.05, 0.1) is 12.0 Å². The highest BCUT2D eigenvalue weighted by Gasteiger charge is 2.34. The molecule has 168 valence electrons. The van der Waals surface area contributed by atoms with Crippen LogP contribution in [0, 0.1) is 24.2 Å². The molecule has 0 aromatic heterocycles. The van der Waals surface area contributed by atoms with Gasteiger partial charge in [0.2, 0.25) is 0 Å². The van der Waals surface area contributed by atoms with E-state index in [9.17, 15) is 4.79 Å². The molecule has 0 spiro atoms. The summed E-state index contributed by atoms with van der Waals surface area (Å²) in [4.78, 5) is 11.1. The van der Waals surface area contributed by atoms with Gasteiger partial charge in [0.15, 0.2) is 0 Å². The fraction of sp³-hybridized carbons (Fsp3) is 0.593. The van der Waals surface area contributed by atoms with Gasteiger partial charge >= 0.3 is 5.97 Å². The molecule has 2 aliphatic carbocycles. The fourth-order valence-electron chi connectivity index (χ4n) is 5.33. The smallest absolute Gasteiger partial charge is 0.306 e. The molecule has 0 bridgehead atoms. The molecule has 0 atom stereocenters. The van der Waals surface area contributed by atoms with Crippen molar-refractivity contribution in [1.29, 1.82) is 0 Å². The van der Waals surface area contributed by atoms with Crippen LogP contribution >= 0.6 is 0 Å². The standard InChI is InChI=1S/C27H37NO3/c1-17-13-25(31-21-11-9-19(10-12-21)27(2,3)4)24(23-8-6-5-7-22(17)23)16-28-20-14-18(15-20)26(29)30/h5-8,13,18-21,28H,9-12,14-16H2,1-4H3,(H,29,30). The first-order valence-electron chi connectivity index (χ1n) is 11.9. The quantitative estimate of drug-likeness (QED) is 0.591. The van der Waals surface area contributed by atoms with Crippen molar-refractivity contribution >= 4 is 16.7 Å². The van der Waals surface area contributed by atoms with Gasteiger partial charge in [-0.1, -0.05) is 45.0 Å². The minimum atomic E-state index is -0.672. The number of aryl methyl sites for hydroxylation is 1. The maximum atomic E-state index is 11.1. The normalized spacial score (nSPS) is 26.5. The molecule has 0 heterocycles. The predicted molar refractivity (Wildman–Crippen MR) is 126 cm³/mol. The van der Waals surface area contributed by atoms with Crippen LogP contribution in [0.3, 0.4) is 0 Å². The molecule has 0 amide bonds. The Kier molecular flexibility index (Phi) is 6.30. The van der Waals surface area contributed by atoms with Crippen molar-refractivity contribution in [1.82, 2.24) is 5.32 Å². The van der Waals surface area contributed by atoms with Crippen LogP contribution < -0.4 is 10.1 Å². The van der Waals surface area contributed by atoms with E-state index in [1.54, 1.807) is 0 Å². The Labute approximate surface area is 186 Å². The maximum Gasteiger partial charge on any atom is 0.306 e. The van der Waals surface area contributed by atoms with Gasteiger partial charge in [-0.2, -0.15) is 0 Å². The zero-order valence-electron chi connectivity index (χ0n) is 19.4. The molecular weight excluding hydrogens is 386 g/mol. The third-order valence-electron chi connectivity index (χ3n) is 7.57. The van der Waals surface area contributed by atoms with Crippen molar-refractivity contribution in [3.05, 3.63) is 41.5 Å². The second-order valence-electron chi connectivity index (χ2n) is 10.8. The summed E-state index contributed by atoms with van der Waals surface area (Å²) in [5, 5.41) is 15.3. The number of hydrogen-bond donors (Lipinski definition) is 2. The van der Waals surface area contributed by atoms with Crippen molar-refractivity contribution in [2.75, 3.05) is 0 Å². The SMILES string of the molecule is Cc1cc(OC2CCC(C(C)(C)C)CC2)c(CNC2CC(C(=O)O)C2)c2ccccc12. The first-order chi connectivity index (χ1) is 14.7. The van der Waals surface area contributed by atoms with Gasteiger partial charge in [-0.05, 0) is 79.2 Å². The van der Waals surface area contributed by atoms with Crippen molar-refractivity contribution < 1.29 is 14.6 Å². The molecule has 2 aliphatic rings. The van der Waals surface area contributed by atoms with E-state index in [2.05, 4.69) is 63.3 Å². The number of carbonyl (C=O) groups is 1. The highest BCUT2D eigenvalue weighted by atomic mass is 16.5. The Morgan fingerprint density at radius 3 is 2.35 bits per heavy atom. The summed E-state index contributed by atoms with van der Waals surface area (Å²) < 4.78 is 6.65. The summed E-state index contributed by atoms with van der Waals surface area (Å²) in [6, 6.07) is 11.0. The summed E-state index contributed by atoms with van der Waals surface area (Å²) in [6.45, 7) is 9.93. The molecule has 0 unspecified atom stereocenters. The molecule has 0 radical (unpaired) electrons. The number of carboxylic acids is 1. The molecule has 2 aromatic carbocycles. The Bertz CT molecular complexity index is 931. The first kappa shape index (κ1) is 22.1. The van der Waals surface area contributed by atoms with Crippen LogP contribution in [0.15, 0.2) is 30.3 Å². The second-order valence-corrected chi connectivity index (χ2v) is 10.8. The predicted octanol–water partition coefficient (Wildman–Crippen LogP) is 6.08. The lowest BCUT2D eigenvalue weighted by atomic mass is 9.72. The van der Waals surface area contributed by atoms with E-state index in [1.807, 2.05) is 0 Å². The van der Waals surface area contributed by atoms with Gasteiger partial charge in [-0.3, -0.25) is 4.79 Å². The number of rotatable bonds is 6. The molecule has 4 heteroatoms. The van der Waals surface area contributed by atoms with Crippen LogP contribution in [0.2, 0.25) is 0 Å². The average Bonchev–Trinajstić information content (AvgIpc) is 2.68. The number of carboxylic acid groups (broad SMARTS) is 1. The van der Waals surface area contributed by atoms with E-state index >= 15 is 0 Å². The van der Waals surface area contributed by atoms with Crippen molar-refractivity contribution in [3.8, 4) is 5.75 Å². The number of nitrogens with one attached hydrogen (secondary N) is 1. The number of ether oxygens (including phenoxy) is 1. The van der Waals surface area contributed by atoms with E-state index in [0.29, 0.717) is 24.8 Å². The molecule has 2 saturated carbocycles. The lowest BCUT2D eigenvalue weighted by Crippen LogP contribution is -2.43. The van der Waals surface area contributed by atoms with E-state index < -0.39 is 5.97 Å². The van der Waals surface area contributed by atoms with E-state index in [-0.39, 0.29) is 18.1 Å². The van der Waals surface area contributed by atoms with Gasteiger partial charge in [0.25, 0.3) is 0 Å². The van der Waals surface area contributed by atoms with Crippen molar-refractivity contribution in [2.45, 2.75) is 84.9 Å². The minimum Gasteiger partial charge on any atom is -0.490 e. The fourth-order valence-corrected chi connectivity index (χ4v) is 5.33. The van der Waals surface area contributed by atoms with Crippen LogP contribution in [0.4, 0.5) is 0 Å². The van der Waals surface area contributed by atoms with Gasteiger partial charge in [0, 0.05) is 18.2 Å². The molecule has 2 N–H and O–H groups in total. The third kappa shape index (κ3) is 4.90. The number of hydrogen-bond acceptors (Lipinski definition) is 3. The summed E-state index contributed by atoms with van der Waals surface area (Å²) in [6.07, 6.45) is 6.39. The third-order valence-corrected chi connectivity index (χ3v) is 7.57. The van der Waals surface area contributed by atoms with Crippen molar-refractivity contribution in [2.24, 2.45) is 17.3 Å². The summed E-state index contributed by atoms with van der Waals surface area (Å²) in [5.74, 6) is 0.902. The molecule has 0 aliphatic heterocycles. The van der Waals surface area contributed by atoms with Gasteiger partial charge in [0.1, 0.15) is 5.75 Å². The number of fused-ring (bicyclic) bond motifs is 1. The second kappa shape index (κ2) is 8.82. The Morgan fingerprint density at radius 1 is 1.10 bits per heavy atom. The molecule has 4 nitrogen and oxygen atoms in total. The largest absolute Gasteiger partial charge is 0.490 e. The zero-order valence-corrected chi connectivity index (χ0v) is 19.4. The molecule has 2 fully saturated rings. The van der Waals surface area contributed by atoms with E-state index in [4.69, 9.17) is 9.84 Å². The van der Waals surface area contributed by atoms with Gasteiger partial charge < -0.3 is 15.2 Å². The van der Waals surface area contributed by atoms with Crippen molar-refractivity contribution in [3.63, 3.8) is 0 Å². The Balaban J connectivity index is 1.51. The minimum absolute atomic E-state index is 0.194. The first-order valence-corrected chi connectivity index (χ1v) is 11.9. The van der Waals surface area contributed by atoms with Crippen LogP contribution in [-0.4, -0.2) is 23.2 Å². The van der Waals surface area contributed by atoms with E-state index in [1.165, 1.54) is 34.7 Å². The molecule has 0 saturated heterocycles. The molecular formula is C27H37NO3. The topological polar surface area (TPSA) is 58.6 Å². The zero-order chi connectivity index (χ0) is 22.2. The summed E-state index contributed by atoms with van der Waals surface area (Å²) in [7, 11) is 0. The molecule has 4 rings (SSSR count). The molecule has 2 aromatic rings. The summed E-state index contributed by atoms with van der Waals surface area (Å²) in [5.41, 5.74) is 2.82. The lowest BCUT2D eigenvalue weighted by molar-refractivity contribution is -0.145. The van der Waals surface area contributed by atoms with Crippen LogP contribution in [0.1, 0.15) is 70.4 Å². The van der Waals surface area contributed by atoms with Crippen LogP contribution in [0.5, 0.6) is 5.75 Å². The summed E-state index contributed by atoms with van der Waals surface area (Å²) >= 11 is 0. The van der Waals surface area contributed by atoms with E-state index in [0.717, 1.165) is 24.5 Å².